The van der Waals surface area contributed by atoms with Gasteiger partial charge in [0.25, 0.3) is 0 Å². The maximum absolute atomic E-state index is 5.76. The summed E-state index contributed by atoms with van der Waals surface area (Å²) in [6.07, 6.45) is 1.69. The summed E-state index contributed by atoms with van der Waals surface area (Å²) in [6.45, 7) is 8.17. The van der Waals surface area contributed by atoms with Crippen LogP contribution in [0.3, 0.4) is 0 Å². The molecule has 0 saturated carbocycles. The second-order valence-corrected chi connectivity index (χ2v) is 5.71. The Hall–Kier alpha value is -1.62. The number of aryl methyl sites for hydroxylation is 3. The first kappa shape index (κ1) is 12.8. The smallest absolute Gasteiger partial charge is 0.126 e. The van der Waals surface area contributed by atoms with E-state index in [9.17, 15) is 0 Å². The molecular formula is C13H18N4S. The molecule has 0 fully saturated rings. The monoisotopic (exact) mass is 262 g/mol. The van der Waals surface area contributed by atoms with Crippen LogP contribution in [-0.4, -0.2) is 9.97 Å². The number of nitrogens with two attached hydrogens (primary N) is 1. The lowest BCUT2D eigenvalue weighted by Gasteiger charge is -2.14. The SMILES string of the molecule is Cc1nc(C)c(C(C)Nc2cc(C)c(N)cn2)s1. The Kier molecular flexibility index (Phi) is 3.52. The molecule has 0 aliphatic rings. The Labute approximate surface area is 111 Å². The molecular weight excluding hydrogens is 244 g/mol. The van der Waals surface area contributed by atoms with Crippen molar-refractivity contribution in [2.45, 2.75) is 33.7 Å². The lowest BCUT2D eigenvalue weighted by Crippen LogP contribution is -2.08. The second kappa shape index (κ2) is 4.94. The third-order valence-electron chi connectivity index (χ3n) is 2.85. The largest absolute Gasteiger partial charge is 0.397 e. The number of thiazole rings is 1. The molecule has 0 bridgehead atoms. The standard InChI is InChI=1S/C13H18N4S/c1-7-5-12(15-6-11(7)14)17-9(3)13-8(2)16-10(4)18-13/h5-6,9H,14H2,1-4H3,(H,15,17). The van der Waals surface area contributed by atoms with Crippen LogP contribution in [0.4, 0.5) is 11.5 Å². The fourth-order valence-electron chi connectivity index (χ4n) is 1.88. The van der Waals surface area contributed by atoms with Crippen LogP contribution in [0, 0.1) is 20.8 Å². The van der Waals surface area contributed by atoms with Crippen molar-refractivity contribution in [2.24, 2.45) is 0 Å². The van der Waals surface area contributed by atoms with E-state index in [1.165, 1.54) is 4.88 Å². The highest BCUT2D eigenvalue weighted by Gasteiger charge is 2.13. The van der Waals surface area contributed by atoms with Crippen molar-refractivity contribution in [3.63, 3.8) is 0 Å². The van der Waals surface area contributed by atoms with E-state index in [0.29, 0.717) is 0 Å². The zero-order chi connectivity index (χ0) is 13.3. The van der Waals surface area contributed by atoms with Crippen molar-refractivity contribution in [1.29, 1.82) is 0 Å². The van der Waals surface area contributed by atoms with Gasteiger partial charge in [-0.1, -0.05) is 0 Å². The van der Waals surface area contributed by atoms with Crippen molar-refractivity contribution in [3.8, 4) is 0 Å². The number of rotatable bonds is 3. The molecule has 1 atom stereocenters. The topological polar surface area (TPSA) is 63.8 Å². The number of anilines is 2. The minimum Gasteiger partial charge on any atom is -0.397 e. The zero-order valence-electron chi connectivity index (χ0n) is 11.1. The summed E-state index contributed by atoms with van der Waals surface area (Å²) in [4.78, 5) is 9.99. The summed E-state index contributed by atoms with van der Waals surface area (Å²) in [5, 5.41) is 4.48. The molecule has 0 aliphatic heterocycles. The maximum Gasteiger partial charge on any atom is 0.126 e. The van der Waals surface area contributed by atoms with Gasteiger partial charge >= 0.3 is 0 Å². The van der Waals surface area contributed by atoms with Gasteiger partial charge in [-0.05, 0) is 39.3 Å². The van der Waals surface area contributed by atoms with Gasteiger partial charge in [-0.25, -0.2) is 9.97 Å². The van der Waals surface area contributed by atoms with E-state index in [4.69, 9.17) is 5.73 Å². The molecule has 0 spiro atoms. The second-order valence-electron chi connectivity index (χ2n) is 4.47. The molecule has 18 heavy (non-hydrogen) atoms. The molecule has 2 aromatic heterocycles. The van der Waals surface area contributed by atoms with E-state index in [2.05, 4.69) is 22.2 Å². The Balaban J connectivity index is 2.18. The summed E-state index contributed by atoms with van der Waals surface area (Å²) >= 11 is 1.72. The summed E-state index contributed by atoms with van der Waals surface area (Å²) < 4.78 is 0. The van der Waals surface area contributed by atoms with Crippen LogP contribution >= 0.6 is 11.3 Å². The number of nitrogen functional groups attached to an aromatic ring is 1. The number of nitrogens with one attached hydrogen (secondary N) is 1. The van der Waals surface area contributed by atoms with Crippen molar-refractivity contribution in [2.75, 3.05) is 11.1 Å². The Morgan fingerprint density at radius 2 is 2.06 bits per heavy atom. The highest BCUT2D eigenvalue weighted by Crippen LogP contribution is 2.27. The highest BCUT2D eigenvalue weighted by molar-refractivity contribution is 7.11. The molecule has 5 heteroatoms. The summed E-state index contributed by atoms with van der Waals surface area (Å²) in [6, 6.07) is 2.17. The number of nitrogens with zero attached hydrogens (tertiary/aromatic N) is 2. The summed E-state index contributed by atoms with van der Waals surface area (Å²) in [7, 11) is 0. The molecule has 1 unspecified atom stereocenters. The lowest BCUT2D eigenvalue weighted by atomic mass is 10.2. The van der Waals surface area contributed by atoms with Crippen LogP contribution in [0.1, 0.15) is 34.1 Å². The van der Waals surface area contributed by atoms with Gasteiger partial charge in [-0.15, -0.1) is 11.3 Å². The van der Waals surface area contributed by atoms with E-state index in [1.54, 1.807) is 17.5 Å². The van der Waals surface area contributed by atoms with E-state index in [-0.39, 0.29) is 6.04 Å². The zero-order valence-corrected chi connectivity index (χ0v) is 11.9. The molecule has 0 radical (unpaired) electrons. The maximum atomic E-state index is 5.76. The van der Waals surface area contributed by atoms with Crippen LogP contribution in [0.2, 0.25) is 0 Å². The minimum absolute atomic E-state index is 0.201. The van der Waals surface area contributed by atoms with Crippen molar-refractivity contribution >= 4 is 22.8 Å². The first-order valence-corrected chi connectivity index (χ1v) is 6.71. The highest BCUT2D eigenvalue weighted by atomic mass is 32.1. The van der Waals surface area contributed by atoms with Gasteiger partial charge in [0.15, 0.2) is 0 Å². The molecule has 2 aromatic rings. The molecule has 3 N–H and O–H groups in total. The van der Waals surface area contributed by atoms with Crippen LogP contribution in [0.5, 0.6) is 0 Å². The molecule has 96 valence electrons. The first-order valence-electron chi connectivity index (χ1n) is 5.90. The van der Waals surface area contributed by atoms with Crippen LogP contribution in [0.15, 0.2) is 12.3 Å². The third kappa shape index (κ3) is 2.61. The number of aromatic nitrogens is 2. The molecule has 0 amide bonds. The van der Waals surface area contributed by atoms with E-state index < -0.39 is 0 Å². The van der Waals surface area contributed by atoms with Crippen LogP contribution < -0.4 is 11.1 Å². The van der Waals surface area contributed by atoms with E-state index in [0.717, 1.165) is 27.8 Å². The average molecular weight is 262 g/mol. The molecule has 2 rings (SSSR count). The molecule has 0 aliphatic carbocycles. The molecule has 0 aromatic carbocycles. The van der Waals surface area contributed by atoms with Crippen LogP contribution in [0.25, 0.3) is 0 Å². The first-order chi connectivity index (χ1) is 8.47. The Morgan fingerprint density at radius 1 is 1.33 bits per heavy atom. The Morgan fingerprint density at radius 3 is 2.61 bits per heavy atom. The van der Waals surface area contributed by atoms with Crippen molar-refractivity contribution < 1.29 is 0 Å². The van der Waals surface area contributed by atoms with E-state index in [1.807, 2.05) is 26.8 Å². The predicted molar refractivity (Wildman–Crippen MR) is 77.0 cm³/mol. The van der Waals surface area contributed by atoms with Gasteiger partial charge in [0.1, 0.15) is 5.82 Å². The normalized spacial score (nSPS) is 12.4. The predicted octanol–water partition coefficient (Wildman–Crippen LogP) is 3.22. The summed E-state index contributed by atoms with van der Waals surface area (Å²) in [5.41, 5.74) is 8.61. The lowest BCUT2D eigenvalue weighted by molar-refractivity contribution is 0.879. The van der Waals surface area contributed by atoms with Crippen molar-refractivity contribution in [3.05, 3.63) is 33.4 Å². The van der Waals surface area contributed by atoms with Gasteiger partial charge in [0, 0.05) is 4.88 Å². The fourth-order valence-corrected chi connectivity index (χ4v) is 2.81. The third-order valence-corrected chi connectivity index (χ3v) is 4.10. The van der Waals surface area contributed by atoms with Gasteiger partial charge in [-0.2, -0.15) is 0 Å². The van der Waals surface area contributed by atoms with Crippen LogP contribution in [-0.2, 0) is 0 Å². The minimum atomic E-state index is 0.201. The number of hydrogen-bond donors (Lipinski definition) is 2. The van der Waals surface area contributed by atoms with Gasteiger partial charge in [0.05, 0.1) is 28.6 Å². The quantitative estimate of drug-likeness (QED) is 0.891. The molecule has 0 saturated heterocycles. The Bertz CT molecular complexity index is 562. The van der Waals surface area contributed by atoms with Crippen molar-refractivity contribution in [1.82, 2.24) is 9.97 Å². The number of pyridine rings is 1. The van der Waals surface area contributed by atoms with Gasteiger partial charge in [0.2, 0.25) is 0 Å². The fraction of sp³-hybridized carbons (Fsp3) is 0.385. The summed E-state index contributed by atoms with van der Waals surface area (Å²) in [5.74, 6) is 0.847. The van der Waals surface area contributed by atoms with Gasteiger partial charge < -0.3 is 11.1 Å². The average Bonchev–Trinajstić information content (AvgIpc) is 2.63. The number of hydrogen-bond acceptors (Lipinski definition) is 5. The van der Waals surface area contributed by atoms with E-state index >= 15 is 0 Å². The molecule has 4 nitrogen and oxygen atoms in total. The van der Waals surface area contributed by atoms with Gasteiger partial charge in [-0.3, -0.25) is 0 Å². The molecule has 2 heterocycles.